The molecule has 1 aromatic rings. The smallest absolute Gasteiger partial charge is 0.322 e. The Bertz CT molecular complexity index is 588. The van der Waals surface area contributed by atoms with Gasteiger partial charge < -0.3 is 5.11 Å². The predicted octanol–water partition coefficient (Wildman–Crippen LogP) is 2.49. The van der Waals surface area contributed by atoms with Crippen molar-refractivity contribution in [1.82, 2.24) is 4.72 Å². The Balaban J connectivity index is 3.10. The van der Waals surface area contributed by atoms with Crippen LogP contribution < -0.4 is 4.72 Å². The minimum Gasteiger partial charge on any atom is -0.480 e. The number of rotatable bonds is 5. The lowest BCUT2D eigenvalue weighted by molar-refractivity contribution is -0.140. The summed E-state index contributed by atoms with van der Waals surface area (Å²) in [4.78, 5) is 11.0. The number of nitrogens with one attached hydrogen (secondary N) is 1. The summed E-state index contributed by atoms with van der Waals surface area (Å²) >= 11 is 8.90. The van der Waals surface area contributed by atoms with Crippen LogP contribution in [0.5, 0.6) is 0 Å². The number of halogens is 2. The molecule has 0 spiro atoms. The first kappa shape index (κ1) is 16.4. The van der Waals surface area contributed by atoms with Crippen molar-refractivity contribution in [3.63, 3.8) is 0 Å². The van der Waals surface area contributed by atoms with Crippen LogP contribution in [0.1, 0.15) is 13.8 Å². The van der Waals surface area contributed by atoms with Crippen LogP contribution in [0.3, 0.4) is 0 Å². The molecule has 8 heteroatoms. The molecule has 0 aliphatic heterocycles. The van der Waals surface area contributed by atoms with Gasteiger partial charge in [0, 0.05) is 4.47 Å². The number of carbonyl (C=O) groups is 1. The molecule has 0 radical (unpaired) electrons. The summed E-state index contributed by atoms with van der Waals surface area (Å²) in [6, 6.07) is 2.88. The second kappa shape index (κ2) is 6.21. The Kier molecular flexibility index (Phi) is 5.37. The van der Waals surface area contributed by atoms with Crippen molar-refractivity contribution in [3.05, 3.63) is 27.7 Å². The van der Waals surface area contributed by atoms with Crippen molar-refractivity contribution in [3.8, 4) is 0 Å². The van der Waals surface area contributed by atoms with Gasteiger partial charge in [0.15, 0.2) is 0 Å². The fraction of sp³-hybridized carbons (Fsp3) is 0.364. The highest BCUT2D eigenvalue weighted by Gasteiger charge is 2.28. The number of benzene rings is 1. The van der Waals surface area contributed by atoms with E-state index < -0.39 is 22.0 Å². The molecule has 0 heterocycles. The lowest BCUT2D eigenvalue weighted by Gasteiger charge is -2.18. The minimum atomic E-state index is -3.91. The SMILES string of the molecule is CC(C)[C@@H](NS(=O)(=O)c1ccc(Cl)c(Br)c1)C(=O)O. The van der Waals surface area contributed by atoms with Gasteiger partial charge in [0.1, 0.15) is 6.04 Å². The van der Waals surface area contributed by atoms with Crippen molar-refractivity contribution in [1.29, 1.82) is 0 Å². The monoisotopic (exact) mass is 369 g/mol. The number of sulfonamides is 1. The van der Waals surface area contributed by atoms with Crippen LogP contribution in [0.15, 0.2) is 27.6 Å². The van der Waals surface area contributed by atoms with E-state index >= 15 is 0 Å². The van der Waals surface area contributed by atoms with Gasteiger partial charge in [-0.2, -0.15) is 4.72 Å². The van der Waals surface area contributed by atoms with Gasteiger partial charge >= 0.3 is 5.97 Å². The predicted molar refractivity (Wildman–Crippen MR) is 75.7 cm³/mol. The highest BCUT2D eigenvalue weighted by molar-refractivity contribution is 9.10. The molecule has 0 aliphatic carbocycles. The number of aliphatic carboxylic acids is 1. The molecular formula is C11H13BrClNO4S. The van der Waals surface area contributed by atoms with E-state index in [1.807, 2.05) is 0 Å². The third kappa shape index (κ3) is 4.17. The number of hydrogen-bond donors (Lipinski definition) is 2. The van der Waals surface area contributed by atoms with Gasteiger partial charge in [0.05, 0.1) is 9.92 Å². The van der Waals surface area contributed by atoms with Gasteiger partial charge in [-0.15, -0.1) is 0 Å². The van der Waals surface area contributed by atoms with Crippen LogP contribution in [-0.4, -0.2) is 25.5 Å². The fourth-order valence-electron chi connectivity index (χ4n) is 1.35. The molecule has 1 rings (SSSR count). The minimum absolute atomic E-state index is 0.0457. The van der Waals surface area contributed by atoms with Gasteiger partial charge in [-0.25, -0.2) is 8.42 Å². The third-order valence-corrected chi connectivity index (χ3v) is 5.07. The van der Waals surface area contributed by atoms with Gasteiger partial charge in [-0.05, 0) is 40.0 Å². The van der Waals surface area contributed by atoms with E-state index in [-0.39, 0.29) is 10.8 Å². The molecule has 2 N–H and O–H groups in total. The molecule has 0 unspecified atom stereocenters. The van der Waals surface area contributed by atoms with E-state index in [1.54, 1.807) is 13.8 Å². The summed E-state index contributed by atoms with van der Waals surface area (Å²) in [6.07, 6.45) is 0. The average molecular weight is 371 g/mol. The average Bonchev–Trinajstić information content (AvgIpc) is 2.28. The van der Waals surface area contributed by atoms with Crippen LogP contribution in [0.2, 0.25) is 5.02 Å². The molecule has 106 valence electrons. The second-order valence-corrected chi connectivity index (χ2v) is 7.23. The second-order valence-electron chi connectivity index (χ2n) is 4.26. The molecule has 0 aliphatic rings. The summed E-state index contributed by atoms with van der Waals surface area (Å²) in [5, 5.41) is 9.37. The first-order valence-corrected chi connectivity index (χ1v) is 8.00. The molecule has 0 bridgehead atoms. The first-order valence-electron chi connectivity index (χ1n) is 5.35. The van der Waals surface area contributed by atoms with E-state index in [0.717, 1.165) is 0 Å². The Morgan fingerprint density at radius 2 is 2.00 bits per heavy atom. The van der Waals surface area contributed by atoms with Crippen molar-refractivity contribution >= 4 is 43.5 Å². The van der Waals surface area contributed by atoms with E-state index in [1.165, 1.54) is 18.2 Å². The van der Waals surface area contributed by atoms with Crippen LogP contribution in [-0.2, 0) is 14.8 Å². The molecular weight excluding hydrogens is 358 g/mol. The Morgan fingerprint density at radius 3 is 2.42 bits per heavy atom. The summed E-state index contributed by atoms with van der Waals surface area (Å²) in [5.41, 5.74) is 0. The maximum Gasteiger partial charge on any atom is 0.322 e. The van der Waals surface area contributed by atoms with E-state index in [9.17, 15) is 13.2 Å². The quantitative estimate of drug-likeness (QED) is 0.834. The third-order valence-electron chi connectivity index (χ3n) is 2.42. The molecule has 19 heavy (non-hydrogen) atoms. The zero-order chi connectivity index (χ0) is 14.8. The van der Waals surface area contributed by atoms with Crippen molar-refractivity contribution < 1.29 is 18.3 Å². The molecule has 0 saturated carbocycles. The van der Waals surface area contributed by atoms with Crippen LogP contribution in [0.25, 0.3) is 0 Å². The Hall–Kier alpha value is -0.630. The summed E-state index contributed by atoms with van der Waals surface area (Å²) in [6.45, 7) is 3.25. The molecule has 0 saturated heterocycles. The first-order chi connectivity index (χ1) is 8.65. The fourth-order valence-corrected chi connectivity index (χ4v) is 3.36. The summed E-state index contributed by atoms with van der Waals surface area (Å²) in [7, 11) is -3.91. The molecule has 0 fully saturated rings. The largest absolute Gasteiger partial charge is 0.480 e. The van der Waals surface area contributed by atoms with Crippen molar-refractivity contribution in [2.75, 3.05) is 0 Å². The Morgan fingerprint density at radius 1 is 1.42 bits per heavy atom. The topological polar surface area (TPSA) is 83.5 Å². The van der Waals surface area contributed by atoms with E-state index in [4.69, 9.17) is 16.7 Å². The molecule has 0 amide bonds. The van der Waals surface area contributed by atoms with Gasteiger partial charge in [0.2, 0.25) is 10.0 Å². The number of carboxylic acid groups (broad SMARTS) is 1. The molecule has 5 nitrogen and oxygen atoms in total. The lowest BCUT2D eigenvalue weighted by Crippen LogP contribution is -2.44. The van der Waals surface area contributed by atoms with Crippen molar-refractivity contribution in [2.24, 2.45) is 5.92 Å². The van der Waals surface area contributed by atoms with Gasteiger partial charge in [-0.3, -0.25) is 4.79 Å². The number of carboxylic acids is 1. The van der Waals surface area contributed by atoms with Gasteiger partial charge in [-0.1, -0.05) is 25.4 Å². The maximum absolute atomic E-state index is 12.1. The highest BCUT2D eigenvalue weighted by Crippen LogP contribution is 2.25. The van der Waals surface area contributed by atoms with E-state index in [2.05, 4.69) is 20.7 Å². The highest BCUT2D eigenvalue weighted by atomic mass is 79.9. The van der Waals surface area contributed by atoms with Crippen molar-refractivity contribution in [2.45, 2.75) is 24.8 Å². The summed E-state index contributed by atoms with van der Waals surface area (Å²) < 4.78 is 26.7. The van der Waals surface area contributed by atoms with E-state index in [0.29, 0.717) is 9.50 Å². The summed E-state index contributed by atoms with van der Waals surface area (Å²) in [5.74, 6) is -1.59. The maximum atomic E-state index is 12.1. The zero-order valence-corrected chi connectivity index (χ0v) is 13.4. The molecule has 1 aromatic carbocycles. The Labute approximate surface area is 125 Å². The molecule has 0 aromatic heterocycles. The van der Waals surface area contributed by atoms with Crippen LogP contribution in [0.4, 0.5) is 0 Å². The normalized spacial score (nSPS) is 13.5. The molecule has 1 atom stereocenters. The standard InChI is InChI=1S/C11H13BrClNO4S/c1-6(2)10(11(15)16)14-19(17,18)7-3-4-9(13)8(12)5-7/h3-6,10,14H,1-2H3,(H,15,16)/t10-/m1/s1. The lowest BCUT2D eigenvalue weighted by atomic mass is 10.1. The van der Waals surface area contributed by atoms with Crippen LogP contribution in [0, 0.1) is 5.92 Å². The number of hydrogen-bond acceptors (Lipinski definition) is 3. The van der Waals surface area contributed by atoms with Crippen LogP contribution >= 0.6 is 27.5 Å². The van der Waals surface area contributed by atoms with Gasteiger partial charge in [0.25, 0.3) is 0 Å². The zero-order valence-electron chi connectivity index (χ0n) is 10.2.